The van der Waals surface area contributed by atoms with Crippen molar-refractivity contribution in [2.75, 3.05) is 5.32 Å². The minimum atomic E-state index is -4.78. The summed E-state index contributed by atoms with van der Waals surface area (Å²) < 4.78 is 78.0. The number of hydrogen-bond donors (Lipinski definition) is 3. The Kier molecular flexibility index (Phi) is 9.19. The monoisotopic (exact) mass is 616 g/mol. The van der Waals surface area contributed by atoms with Crippen LogP contribution in [0.25, 0.3) is 0 Å². The van der Waals surface area contributed by atoms with Crippen LogP contribution in [0.5, 0.6) is 0 Å². The Morgan fingerprint density at radius 2 is 1.62 bits per heavy atom. The third-order valence-corrected chi connectivity index (χ3v) is 7.49. The predicted molar refractivity (Wildman–Crippen MR) is 143 cm³/mol. The zero-order valence-corrected chi connectivity index (χ0v) is 22.7. The molecule has 1 fully saturated rings. The molecule has 226 valence electrons. The quantitative estimate of drug-likeness (QED) is 0.291. The molecule has 2 aromatic rings. The second-order valence-corrected chi connectivity index (χ2v) is 10.8. The van der Waals surface area contributed by atoms with Crippen molar-refractivity contribution in [2.24, 2.45) is 22.6 Å². The van der Waals surface area contributed by atoms with Gasteiger partial charge in [0.05, 0.1) is 16.4 Å². The number of nitrogens with one attached hydrogen (secondary N) is 2. The molecule has 0 spiro atoms. The molecule has 3 atom stereocenters. The average Bonchev–Trinajstić information content (AvgIpc) is 3.74. The topological polar surface area (TPSA) is 114 Å². The number of nitrogens with two attached hydrogens (primary N) is 1. The van der Waals surface area contributed by atoms with Gasteiger partial charge in [0, 0.05) is 35.8 Å². The first-order valence-corrected chi connectivity index (χ1v) is 13.5. The summed E-state index contributed by atoms with van der Waals surface area (Å²) in [5.74, 6) is -6.96. The van der Waals surface area contributed by atoms with E-state index in [2.05, 4.69) is 15.6 Å². The van der Waals surface area contributed by atoms with Crippen molar-refractivity contribution in [3.8, 4) is 0 Å². The van der Waals surface area contributed by atoms with Gasteiger partial charge < -0.3 is 16.4 Å². The van der Waals surface area contributed by atoms with Crippen LogP contribution in [0.1, 0.15) is 61.1 Å². The molecule has 1 aliphatic carbocycles. The van der Waals surface area contributed by atoms with Crippen molar-refractivity contribution >= 4 is 40.7 Å². The van der Waals surface area contributed by atoms with Crippen LogP contribution in [0.15, 0.2) is 47.5 Å². The summed E-state index contributed by atoms with van der Waals surface area (Å²) in [5, 5.41) is 4.97. The third-order valence-electron chi connectivity index (χ3n) is 7.18. The number of benzene rings is 2. The number of alkyl halides is 6. The maximum Gasteiger partial charge on any atom is 0.389 e. The number of para-hydroxylation sites is 1. The van der Waals surface area contributed by atoms with Crippen molar-refractivity contribution in [1.29, 1.82) is 0 Å². The van der Waals surface area contributed by atoms with Gasteiger partial charge in [-0.25, -0.2) is 4.99 Å². The van der Waals surface area contributed by atoms with E-state index >= 15 is 0 Å². The molecular weight excluding hydrogens is 590 g/mol. The van der Waals surface area contributed by atoms with E-state index in [0.29, 0.717) is 17.0 Å². The maximum absolute atomic E-state index is 13.3. The molecule has 4 N–H and O–H groups in total. The molecule has 42 heavy (non-hydrogen) atoms. The average molecular weight is 617 g/mol. The van der Waals surface area contributed by atoms with E-state index in [1.165, 1.54) is 6.07 Å². The van der Waals surface area contributed by atoms with Gasteiger partial charge in [0.15, 0.2) is 0 Å². The summed E-state index contributed by atoms with van der Waals surface area (Å²) >= 11 is 6.35. The second-order valence-electron chi connectivity index (χ2n) is 10.4. The first kappa shape index (κ1) is 31.3. The van der Waals surface area contributed by atoms with Crippen molar-refractivity contribution < 1.29 is 40.7 Å². The highest BCUT2D eigenvalue weighted by molar-refractivity contribution is 6.36. The largest absolute Gasteiger partial charge is 0.389 e. The molecule has 0 aromatic heterocycles. The number of amides is 3. The minimum absolute atomic E-state index is 0.155. The maximum atomic E-state index is 13.3. The van der Waals surface area contributed by atoms with Gasteiger partial charge in [-0.2, -0.15) is 26.3 Å². The van der Waals surface area contributed by atoms with E-state index in [4.69, 9.17) is 17.3 Å². The molecule has 2 unspecified atom stereocenters. The number of halogens is 7. The number of hydrogen-bond acceptors (Lipinski definition) is 4. The summed E-state index contributed by atoms with van der Waals surface area (Å²) in [5.41, 5.74) is 7.71. The van der Waals surface area contributed by atoms with E-state index in [1.807, 2.05) is 12.1 Å². The molecule has 0 radical (unpaired) electrons. The van der Waals surface area contributed by atoms with Crippen LogP contribution in [0.3, 0.4) is 0 Å². The summed E-state index contributed by atoms with van der Waals surface area (Å²) in [6.07, 6.45) is -14.4. The number of carbonyl (C=O) groups is 3. The normalized spacial score (nSPS) is 18.7. The molecule has 2 aromatic carbocycles. The van der Waals surface area contributed by atoms with E-state index < -0.39 is 73.8 Å². The third kappa shape index (κ3) is 8.02. The highest BCUT2D eigenvalue weighted by Gasteiger charge is 2.40. The molecule has 14 heteroatoms. The van der Waals surface area contributed by atoms with E-state index in [9.17, 15) is 40.7 Å². The van der Waals surface area contributed by atoms with Crippen LogP contribution in [0.4, 0.5) is 32.0 Å². The fourth-order valence-corrected chi connectivity index (χ4v) is 5.14. The van der Waals surface area contributed by atoms with Crippen LogP contribution in [-0.2, 0) is 14.4 Å². The van der Waals surface area contributed by atoms with E-state index in [-0.39, 0.29) is 16.4 Å². The number of rotatable bonds is 10. The van der Waals surface area contributed by atoms with Crippen LogP contribution >= 0.6 is 11.6 Å². The molecule has 2 aliphatic rings. The van der Waals surface area contributed by atoms with Crippen molar-refractivity contribution in [3.63, 3.8) is 0 Å². The first-order chi connectivity index (χ1) is 19.6. The zero-order chi connectivity index (χ0) is 30.8. The summed E-state index contributed by atoms with van der Waals surface area (Å²) in [6.45, 7) is 0. The molecule has 1 heterocycles. The van der Waals surface area contributed by atoms with Gasteiger partial charge in [0.2, 0.25) is 18.0 Å². The number of benzodiazepines with no additional fused rings is 1. The van der Waals surface area contributed by atoms with Crippen LogP contribution in [-0.4, -0.2) is 42.0 Å². The Hall–Kier alpha value is -3.61. The molecule has 3 amide bonds. The van der Waals surface area contributed by atoms with E-state index in [0.717, 1.165) is 18.4 Å². The van der Waals surface area contributed by atoms with Crippen LogP contribution < -0.4 is 16.4 Å². The highest BCUT2D eigenvalue weighted by atomic mass is 35.5. The standard InChI is InChI=1S/C28H27ClF6N4O3/c29-20-6-2-5-19-21(16-4-1-3-15(13-16)14-7-8-14)37-24(26(42)38-22(19)20)39-25(41)18(10-12-28(33,34)35)17(23(36)40)9-11-27(30,31)32/h1-6,13-14,17-18,24H,7-12H2,(H2,36,40)(H,38,42)(H,39,41)/t17?,18?,24-/m1/s1. The Bertz CT molecular complexity index is 1390. The lowest BCUT2D eigenvalue weighted by molar-refractivity contribution is -0.152. The van der Waals surface area contributed by atoms with Crippen LogP contribution in [0.2, 0.25) is 5.02 Å². The van der Waals surface area contributed by atoms with Crippen molar-refractivity contribution in [1.82, 2.24) is 5.32 Å². The number of aliphatic imine (C=N–C) groups is 1. The number of fused-ring (bicyclic) bond motifs is 1. The lowest BCUT2D eigenvalue weighted by atomic mass is 9.83. The SMILES string of the molecule is NC(=O)C(CCC(F)(F)F)C(CCC(F)(F)F)C(=O)N[C@H]1N=C(c2cccc(C3CC3)c2)c2cccc(Cl)c2NC1=O. The zero-order valence-electron chi connectivity index (χ0n) is 22.0. The number of carbonyl (C=O) groups excluding carboxylic acids is 3. The second kappa shape index (κ2) is 12.3. The number of primary amides is 1. The smallest absolute Gasteiger partial charge is 0.369 e. The summed E-state index contributed by atoms with van der Waals surface area (Å²) in [4.78, 5) is 43.1. The molecule has 1 saturated carbocycles. The van der Waals surface area contributed by atoms with Gasteiger partial charge >= 0.3 is 12.4 Å². The minimum Gasteiger partial charge on any atom is -0.369 e. The Labute approximate surface area is 241 Å². The lowest BCUT2D eigenvalue weighted by Crippen LogP contribution is -2.48. The van der Waals surface area contributed by atoms with Gasteiger partial charge in [-0.3, -0.25) is 14.4 Å². The fraction of sp³-hybridized carbons (Fsp3) is 0.429. The molecule has 7 nitrogen and oxygen atoms in total. The van der Waals surface area contributed by atoms with Crippen molar-refractivity contribution in [2.45, 2.75) is 63.0 Å². The number of nitrogens with zero attached hydrogens (tertiary/aromatic N) is 1. The Morgan fingerprint density at radius 1 is 1.00 bits per heavy atom. The fourth-order valence-electron chi connectivity index (χ4n) is 4.92. The molecule has 0 saturated heterocycles. The molecule has 1 aliphatic heterocycles. The van der Waals surface area contributed by atoms with Gasteiger partial charge in [0.1, 0.15) is 0 Å². The molecule has 4 rings (SSSR count). The molecular formula is C28H27ClF6N4O3. The van der Waals surface area contributed by atoms with Gasteiger partial charge in [-0.1, -0.05) is 41.9 Å². The Balaban J connectivity index is 1.70. The van der Waals surface area contributed by atoms with Gasteiger partial charge in [0.25, 0.3) is 5.91 Å². The first-order valence-electron chi connectivity index (χ1n) is 13.1. The lowest BCUT2D eigenvalue weighted by Gasteiger charge is -2.26. The highest BCUT2D eigenvalue weighted by Crippen LogP contribution is 2.41. The summed E-state index contributed by atoms with van der Waals surface area (Å²) in [7, 11) is 0. The molecule has 0 bridgehead atoms. The van der Waals surface area contributed by atoms with Crippen LogP contribution in [0, 0.1) is 11.8 Å². The summed E-state index contributed by atoms with van der Waals surface area (Å²) in [6, 6.07) is 12.1. The number of anilines is 1. The van der Waals surface area contributed by atoms with Gasteiger partial charge in [-0.05, 0) is 49.3 Å². The Morgan fingerprint density at radius 3 is 2.21 bits per heavy atom. The van der Waals surface area contributed by atoms with Crippen molar-refractivity contribution in [3.05, 3.63) is 64.2 Å². The van der Waals surface area contributed by atoms with Gasteiger partial charge in [-0.15, -0.1) is 0 Å². The predicted octanol–water partition coefficient (Wildman–Crippen LogP) is 5.85. The van der Waals surface area contributed by atoms with E-state index in [1.54, 1.807) is 24.3 Å².